The molecule has 0 fully saturated rings. The molecule has 4 rings (SSSR count). The quantitative estimate of drug-likeness (QED) is 0.332. The molecule has 0 saturated carbocycles. The van der Waals surface area contributed by atoms with E-state index in [1.807, 2.05) is 0 Å². The minimum absolute atomic E-state index is 0.00556. The molecule has 0 aliphatic heterocycles. The molecule has 0 radical (unpaired) electrons. The summed E-state index contributed by atoms with van der Waals surface area (Å²) in [6.45, 7) is -0.371. The van der Waals surface area contributed by atoms with Gasteiger partial charge >= 0.3 is 5.97 Å². The van der Waals surface area contributed by atoms with Crippen LogP contribution in [0.5, 0.6) is 11.5 Å². The summed E-state index contributed by atoms with van der Waals surface area (Å²) >= 11 is 0. The number of aryl methyl sites for hydroxylation is 2. The molecule has 0 unspecified atom stereocenters. The largest absolute Gasteiger partial charge is 0.480 e. The standard InChI is InChI=1S/C25H23FN2O5S/c1-14-9-16(11-21(27)25(29)30)10-15(2)24(14)33-18-5-8-22-20(12-18)23(13-28-22)34(31,32)19-6-3-17(26)4-7-19/h3-10,12-13,21,28H,11,27H2,1-2H3,(H,29,30)/t21-/m0/s1/i1D,2D. The van der Waals surface area contributed by atoms with Gasteiger partial charge in [0.2, 0.25) is 9.84 Å². The number of fused-ring (bicyclic) bond motifs is 1. The number of carboxylic acid groups (broad SMARTS) is 1. The summed E-state index contributed by atoms with van der Waals surface area (Å²) in [7, 11) is -3.95. The van der Waals surface area contributed by atoms with Gasteiger partial charge in [0.1, 0.15) is 23.4 Å². The van der Waals surface area contributed by atoms with Crippen LogP contribution in [0.1, 0.15) is 19.4 Å². The zero-order valence-corrected chi connectivity index (χ0v) is 18.7. The Labute approximate surface area is 198 Å². The predicted molar refractivity (Wildman–Crippen MR) is 125 cm³/mol. The summed E-state index contributed by atoms with van der Waals surface area (Å²) < 4.78 is 61.5. The van der Waals surface area contributed by atoms with E-state index in [-0.39, 0.29) is 41.5 Å². The first-order chi connectivity index (χ1) is 17.1. The number of aliphatic carboxylic acids is 1. The fourth-order valence-electron chi connectivity index (χ4n) is 3.64. The van der Waals surface area contributed by atoms with E-state index in [1.165, 1.54) is 24.4 Å². The minimum atomic E-state index is -3.95. The minimum Gasteiger partial charge on any atom is -0.480 e. The first kappa shape index (κ1) is 20.9. The van der Waals surface area contributed by atoms with Gasteiger partial charge in [0, 0.05) is 19.8 Å². The summed E-state index contributed by atoms with van der Waals surface area (Å²) in [4.78, 5) is 14.0. The number of nitrogens with one attached hydrogen (secondary N) is 1. The van der Waals surface area contributed by atoms with Crippen LogP contribution >= 0.6 is 0 Å². The van der Waals surface area contributed by atoms with Crippen molar-refractivity contribution < 1.29 is 30.2 Å². The van der Waals surface area contributed by atoms with Crippen LogP contribution in [0.3, 0.4) is 0 Å². The third-order valence-corrected chi connectivity index (χ3v) is 7.13. The Balaban J connectivity index is 1.73. The van der Waals surface area contributed by atoms with Gasteiger partial charge < -0.3 is 20.6 Å². The highest BCUT2D eigenvalue weighted by Gasteiger charge is 2.22. The summed E-state index contributed by atoms with van der Waals surface area (Å²) in [5.41, 5.74) is 7.65. The smallest absolute Gasteiger partial charge is 0.320 e. The highest BCUT2D eigenvalue weighted by Crippen LogP contribution is 2.35. The molecule has 176 valence electrons. The van der Waals surface area contributed by atoms with Crippen LogP contribution in [0.15, 0.2) is 70.6 Å². The van der Waals surface area contributed by atoms with E-state index in [1.54, 1.807) is 24.3 Å². The fraction of sp³-hybridized carbons (Fsp3) is 0.160. The Hall–Kier alpha value is -3.69. The number of aromatic amines is 1. The van der Waals surface area contributed by atoms with Gasteiger partial charge in [-0.1, -0.05) is 12.1 Å². The fourth-order valence-corrected chi connectivity index (χ4v) is 5.06. The molecule has 0 aliphatic rings. The van der Waals surface area contributed by atoms with Crippen molar-refractivity contribution in [1.82, 2.24) is 4.98 Å². The lowest BCUT2D eigenvalue weighted by molar-refractivity contribution is -0.138. The molecule has 4 N–H and O–H groups in total. The Morgan fingerprint density at radius 3 is 2.44 bits per heavy atom. The topological polar surface area (TPSA) is 122 Å². The van der Waals surface area contributed by atoms with Gasteiger partial charge in [-0.25, -0.2) is 12.8 Å². The average molecular weight is 485 g/mol. The van der Waals surface area contributed by atoms with Crippen molar-refractivity contribution in [2.75, 3.05) is 0 Å². The van der Waals surface area contributed by atoms with Gasteiger partial charge in [-0.05, 0) is 79.4 Å². The van der Waals surface area contributed by atoms with E-state index in [2.05, 4.69) is 4.98 Å². The average Bonchev–Trinajstić information content (AvgIpc) is 3.29. The Morgan fingerprint density at radius 2 is 1.82 bits per heavy atom. The maximum atomic E-state index is 13.3. The number of carbonyl (C=O) groups is 1. The van der Waals surface area contributed by atoms with E-state index in [0.29, 0.717) is 27.6 Å². The van der Waals surface area contributed by atoms with Crippen LogP contribution < -0.4 is 10.5 Å². The molecule has 3 aromatic carbocycles. The number of halogens is 1. The second-order valence-corrected chi connectivity index (χ2v) is 9.73. The van der Waals surface area contributed by atoms with Crippen LogP contribution in [0.4, 0.5) is 4.39 Å². The van der Waals surface area contributed by atoms with E-state index in [4.69, 9.17) is 18.3 Å². The van der Waals surface area contributed by atoms with Gasteiger partial charge in [0.25, 0.3) is 0 Å². The molecule has 0 saturated heterocycles. The number of rotatable bonds is 7. The van der Waals surface area contributed by atoms with Crippen molar-refractivity contribution in [2.24, 2.45) is 5.73 Å². The summed E-state index contributed by atoms with van der Waals surface area (Å²) in [5, 5.41) is 9.46. The van der Waals surface area contributed by atoms with E-state index >= 15 is 0 Å². The summed E-state index contributed by atoms with van der Waals surface area (Å²) in [5.74, 6) is -1.13. The monoisotopic (exact) mass is 484 g/mol. The van der Waals surface area contributed by atoms with Crippen LogP contribution in [0.25, 0.3) is 10.9 Å². The zero-order valence-electron chi connectivity index (χ0n) is 19.9. The van der Waals surface area contributed by atoms with Gasteiger partial charge in [0.05, 0.1) is 9.79 Å². The summed E-state index contributed by atoms with van der Waals surface area (Å²) in [6, 6.07) is 11.5. The van der Waals surface area contributed by atoms with Gasteiger partial charge in [-0.3, -0.25) is 4.79 Å². The zero-order chi connectivity index (χ0) is 26.0. The lowest BCUT2D eigenvalue weighted by Gasteiger charge is -2.15. The lowest BCUT2D eigenvalue weighted by atomic mass is 10.0. The molecule has 0 bridgehead atoms. The molecule has 4 aromatic rings. The van der Waals surface area contributed by atoms with Gasteiger partial charge in [-0.15, -0.1) is 0 Å². The van der Waals surface area contributed by atoms with Crippen LogP contribution in [-0.4, -0.2) is 30.5 Å². The van der Waals surface area contributed by atoms with Crippen molar-refractivity contribution >= 4 is 26.7 Å². The number of hydrogen-bond donors (Lipinski definition) is 3. The number of hydrogen-bond acceptors (Lipinski definition) is 5. The second kappa shape index (κ2) is 8.92. The Bertz CT molecular complexity index is 1510. The maximum absolute atomic E-state index is 13.3. The number of sulfone groups is 1. The SMILES string of the molecule is [2H]Cc1cc(C[C@H](N)C(=O)O)cc(C[2H])c1Oc1ccc2[nH]cc(S(=O)(=O)c3ccc(F)cc3)c2c1. The molecule has 0 amide bonds. The van der Waals surface area contributed by atoms with Crippen molar-refractivity contribution in [3.05, 3.63) is 83.3 Å². The third kappa shape index (κ3) is 4.52. The van der Waals surface area contributed by atoms with E-state index < -0.39 is 27.7 Å². The maximum Gasteiger partial charge on any atom is 0.320 e. The molecule has 7 nitrogen and oxygen atoms in total. The van der Waals surface area contributed by atoms with Crippen molar-refractivity contribution in [2.45, 2.75) is 36.1 Å². The Kier molecular flexibility index (Phi) is 5.48. The lowest BCUT2D eigenvalue weighted by Crippen LogP contribution is -2.32. The number of benzene rings is 3. The number of carboxylic acids is 1. The van der Waals surface area contributed by atoms with Crippen LogP contribution in [-0.2, 0) is 21.1 Å². The molecule has 9 heteroatoms. The molecule has 0 aliphatic carbocycles. The highest BCUT2D eigenvalue weighted by molar-refractivity contribution is 7.91. The molecule has 34 heavy (non-hydrogen) atoms. The van der Waals surface area contributed by atoms with E-state index in [9.17, 15) is 17.6 Å². The predicted octanol–water partition coefficient (Wildman–Crippen LogP) is 4.50. The number of nitrogens with two attached hydrogens (primary N) is 1. The first-order valence-electron chi connectivity index (χ1n) is 11.6. The number of aromatic nitrogens is 1. The molecule has 1 aromatic heterocycles. The van der Waals surface area contributed by atoms with Crippen molar-refractivity contribution in [1.29, 1.82) is 0 Å². The molecule has 1 atom stereocenters. The molecule has 1 heterocycles. The van der Waals surface area contributed by atoms with Crippen LogP contribution in [0.2, 0.25) is 0 Å². The molecular formula is C25H23FN2O5S. The number of H-pyrrole nitrogens is 1. The van der Waals surface area contributed by atoms with Crippen molar-refractivity contribution in [3.8, 4) is 11.5 Å². The third-order valence-electron chi connectivity index (χ3n) is 5.32. The van der Waals surface area contributed by atoms with Crippen molar-refractivity contribution in [3.63, 3.8) is 0 Å². The van der Waals surface area contributed by atoms with Crippen LogP contribution in [0, 0.1) is 19.6 Å². The van der Waals surface area contributed by atoms with Gasteiger partial charge in [0.15, 0.2) is 0 Å². The molecule has 0 spiro atoms. The van der Waals surface area contributed by atoms with E-state index in [0.717, 1.165) is 12.1 Å². The number of ether oxygens (including phenoxy) is 1. The molecular weight excluding hydrogens is 459 g/mol. The second-order valence-electron chi connectivity index (χ2n) is 7.81. The first-order valence-corrected chi connectivity index (χ1v) is 11.6. The van der Waals surface area contributed by atoms with Gasteiger partial charge in [-0.2, -0.15) is 0 Å². The summed E-state index contributed by atoms with van der Waals surface area (Å²) in [6.07, 6.45) is 1.40. The Morgan fingerprint density at radius 1 is 1.15 bits per heavy atom. The normalized spacial score (nSPS) is 13.4. The highest BCUT2D eigenvalue weighted by atomic mass is 32.2.